The fourth-order valence-electron chi connectivity index (χ4n) is 1.82. The summed E-state index contributed by atoms with van der Waals surface area (Å²) in [5.74, 6) is 0.148. The molecule has 0 saturated carbocycles. The number of benzene rings is 1. The first kappa shape index (κ1) is 16.5. The Balaban J connectivity index is 1.92. The minimum atomic E-state index is -2.81. The van der Waals surface area contributed by atoms with Crippen molar-refractivity contribution in [1.29, 1.82) is 0 Å². The molecule has 0 aliphatic heterocycles. The molecule has 1 aromatic heterocycles. The van der Waals surface area contributed by atoms with Gasteiger partial charge in [0.1, 0.15) is 5.75 Å². The summed E-state index contributed by atoms with van der Waals surface area (Å²) in [4.78, 5) is 0. The Bertz CT molecular complexity index is 589. The standard InChI is InChI=1S/C14H13Cl2F2NOS/c1-8(11-6-12(15)21-13(11)16)19-7-9-2-4-10(5-3-9)20-14(17)18/h2-6,8,14,19H,7H2,1H3. The summed E-state index contributed by atoms with van der Waals surface area (Å²) in [6, 6.07) is 8.38. The van der Waals surface area contributed by atoms with Gasteiger partial charge < -0.3 is 10.1 Å². The molecule has 1 atom stereocenters. The van der Waals surface area contributed by atoms with E-state index in [0.717, 1.165) is 11.1 Å². The van der Waals surface area contributed by atoms with Gasteiger partial charge in [-0.1, -0.05) is 35.3 Å². The third-order valence-corrected chi connectivity index (χ3v) is 4.43. The van der Waals surface area contributed by atoms with Crippen molar-refractivity contribution in [2.45, 2.75) is 26.1 Å². The monoisotopic (exact) mass is 351 g/mol. The maximum absolute atomic E-state index is 12.0. The number of halogens is 4. The Morgan fingerprint density at radius 2 is 1.90 bits per heavy atom. The molecule has 0 amide bonds. The van der Waals surface area contributed by atoms with Crippen LogP contribution in [0.3, 0.4) is 0 Å². The Labute approximate surface area is 135 Å². The van der Waals surface area contributed by atoms with Gasteiger partial charge in [-0.05, 0) is 36.2 Å². The summed E-state index contributed by atoms with van der Waals surface area (Å²) in [5, 5.41) is 3.30. The van der Waals surface area contributed by atoms with Crippen molar-refractivity contribution in [1.82, 2.24) is 5.32 Å². The first-order chi connectivity index (χ1) is 9.95. The van der Waals surface area contributed by atoms with Crippen molar-refractivity contribution < 1.29 is 13.5 Å². The van der Waals surface area contributed by atoms with Crippen molar-refractivity contribution in [2.24, 2.45) is 0 Å². The number of hydrogen-bond acceptors (Lipinski definition) is 3. The van der Waals surface area contributed by atoms with Crippen LogP contribution in [0, 0.1) is 0 Å². The van der Waals surface area contributed by atoms with Crippen LogP contribution in [0.1, 0.15) is 24.1 Å². The average molecular weight is 352 g/mol. The Morgan fingerprint density at radius 3 is 2.43 bits per heavy atom. The second kappa shape index (κ2) is 7.40. The Hall–Kier alpha value is -0.880. The first-order valence-corrected chi connectivity index (χ1v) is 7.75. The van der Waals surface area contributed by atoms with E-state index in [9.17, 15) is 8.78 Å². The molecule has 2 aromatic rings. The molecule has 0 fully saturated rings. The SMILES string of the molecule is CC(NCc1ccc(OC(F)F)cc1)c1cc(Cl)sc1Cl. The van der Waals surface area contributed by atoms with E-state index in [4.69, 9.17) is 23.2 Å². The van der Waals surface area contributed by atoms with Crippen LogP contribution in [0.4, 0.5) is 8.78 Å². The van der Waals surface area contributed by atoms with Gasteiger partial charge in [-0.25, -0.2) is 0 Å². The summed E-state index contributed by atoms with van der Waals surface area (Å²) in [6.07, 6.45) is 0. The zero-order valence-electron chi connectivity index (χ0n) is 11.1. The number of hydrogen-bond donors (Lipinski definition) is 1. The fraction of sp³-hybridized carbons (Fsp3) is 0.286. The summed E-state index contributed by atoms with van der Waals surface area (Å²) < 4.78 is 29.7. The highest BCUT2D eigenvalue weighted by Gasteiger charge is 2.13. The molecule has 0 bridgehead atoms. The van der Waals surface area contributed by atoms with Crippen molar-refractivity contribution in [3.63, 3.8) is 0 Å². The number of ether oxygens (including phenoxy) is 1. The molecule has 1 unspecified atom stereocenters. The molecule has 0 saturated heterocycles. The Morgan fingerprint density at radius 1 is 1.24 bits per heavy atom. The highest BCUT2D eigenvalue weighted by atomic mass is 35.5. The fourth-order valence-corrected chi connectivity index (χ4v) is 3.46. The van der Waals surface area contributed by atoms with Gasteiger partial charge in [-0.2, -0.15) is 8.78 Å². The normalized spacial score (nSPS) is 12.7. The van der Waals surface area contributed by atoms with E-state index in [2.05, 4.69) is 10.1 Å². The van der Waals surface area contributed by atoms with Crippen molar-refractivity contribution in [3.05, 3.63) is 50.1 Å². The summed E-state index contributed by atoms with van der Waals surface area (Å²) >= 11 is 13.3. The summed E-state index contributed by atoms with van der Waals surface area (Å²) in [5.41, 5.74) is 1.91. The lowest BCUT2D eigenvalue weighted by Crippen LogP contribution is -2.17. The van der Waals surface area contributed by atoms with Gasteiger partial charge in [-0.15, -0.1) is 11.3 Å². The van der Waals surface area contributed by atoms with E-state index in [0.29, 0.717) is 15.2 Å². The van der Waals surface area contributed by atoms with Gasteiger partial charge in [-0.3, -0.25) is 0 Å². The van der Waals surface area contributed by atoms with Gasteiger partial charge in [0.15, 0.2) is 0 Å². The van der Waals surface area contributed by atoms with E-state index in [1.54, 1.807) is 12.1 Å². The highest BCUT2D eigenvalue weighted by molar-refractivity contribution is 7.20. The van der Waals surface area contributed by atoms with Crippen LogP contribution in [0.15, 0.2) is 30.3 Å². The minimum Gasteiger partial charge on any atom is -0.435 e. The number of rotatable bonds is 6. The van der Waals surface area contributed by atoms with Crippen molar-refractivity contribution in [3.8, 4) is 5.75 Å². The third kappa shape index (κ3) is 4.81. The van der Waals surface area contributed by atoms with Crippen LogP contribution in [-0.4, -0.2) is 6.61 Å². The lowest BCUT2D eigenvalue weighted by molar-refractivity contribution is -0.0498. The van der Waals surface area contributed by atoms with E-state index in [-0.39, 0.29) is 11.8 Å². The van der Waals surface area contributed by atoms with Crippen LogP contribution in [-0.2, 0) is 6.54 Å². The number of thiophene rings is 1. The Kier molecular flexibility index (Phi) is 5.81. The lowest BCUT2D eigenvalue weighted by atomic mass is 10.1. The molecule has 0 radical (unpaired) electrons. The van der Waals surface area contributed by atoms with E-state index in [1.165, 1.54) is 23.5 Å². The molecule has 2 rings (SSSR count). The highest BCUT2D eigenvalue weighted by Crippen LogP contribution is 2.34. The van der Waals surface area contributed by atoms with Crippen LogP contribution >= 0.6 is 34.5 Å². The molecule has 1 aromatic carbocycles. The van der Waals surface area contributed by atoms with E-state index >= 15 is 0 Å². The van der Waals surface area contributed by atoms with Crippen LogP contribution in [0.5, 0.6) is 5.75 Å². The molecule has 0 aliphatic carbocycles. The topological polar surface area (TPSA) is 21.3 Å². The molecule has 1 heterocycles. The molecular weight excluding hydrogens is 339 g/mol. The van der Waals surface area contributed by atoms with Crippen LogP contribution < -0.4 is 10.1 Å². The second-order valence-electron chi connectivity index (χ2n) is 4.40. The van der Waals surface area contributed by atoms with Gasteiger partial charge in [0, 0.05) is 12.6 Å². The molecule has 2 nitrogen and oxygen atoms in total. The summed E-state index contributed by atoms with van der Waals surface area (Å²) in [7, 11) is 0. The first-order valence-electron chi connectivity index (χ1n) is 6.17. The largest absolute Gasteiger partial charge is 0.435 e. The molecule has 21 heavy (non-hydrogen) atoms. The number of alkyl halides is 2. The van der Waals surface area contributed by atoms with E-state index in [1.807, 2.05) is 13.0 Å². The van der Waals surface area contributed by atoms with Gasteiger partial charge in [0.25, 0.3) is 0 Å². The predicted molar refractivity (Wildman–Crippen MR) is 82.7 cm³/mol. The van der Waals surface area contributed by atoms with Crippen LogP contribution in [0.25, 0.3) is 0 Å². The maximum atomic E-state index is 12.0. The van der Waals surface area contributed by atoms with Crippen molar-refractivity contribution in [2.75, 3.05) is 0 Å². The minimum absolute atomic E-state index is 0.0400. The maximum Gasteiger partial charge on any atom is 0.387 e. The molecule has 0 spiro atoms. The molecule has 7 heteroatoms. The molecule has 1 N–H and O–H groups in total. The van der Waals surface area contributed by atoms with Gasteiger partial charge in [0.05, 0.1) is 8.67 Å². The smallest absolute Gasteiger partial charge is 0.387 e. The van der Waals surface area contributed by atoms with E-state index < -0.39 is 6.61 Å². The third-order valence-electron chi connectivity index (χ3n) is 2.91. The second-order valence-corrected chi connectivity index (χ2v) is 6.69. The lowest BCUT2D eigenvalue weighted by Gasteiger charge is -2.13. The number of nitrogens with one attached hydrogen (secondary N) is 1. The predicted octanol–water partition coefficient (Wildman–Crippen LogP) is 5.51. The molecular formula is C14H13Cl2F2NOS. The molecule has 114 valence electrons. The molecule has 0 aliphatic rings. The van der Waals surface area contributed by atoms with Crippen LogP contribution in [0.2, 0.25) is 8.67 Å². The summed E-state index contributed by atoms with van der Waals surface area (Å²) in [6.45, 7) is -0.238. The average Bonchev–Trinajstić information content (AvgIpc) is 2.76. The zero-order chi connectivity index (χ0) is 15.4. The quantitative estimate of drug-likeness (QED) is 0.740. The van der Waals surface area contributed by atoms with Crippen molar-refractivity contribution >= 4 is 34.5 Å². The van der Waals surface area contributed by atoms with Gasteiger partial charge >= 0.3 is 6.61 Å². The van der Waals surface area contributed by atoms with Gasteiger partial charge in [0.2, 0.25) is 0 Å². The zero-order valence-corrected chi connectivity index (χ0v) is 13.4.